The second kappa shape index (κ2) is 9.18. The standard InChI is InChI=1S/C23H23ClF6N2O/c1-32(2)21(10-3-4-11-21)19(14-6-5-7-16(24)12-14)31-20(33)17-9-8-15(22(25,26)27)13-18(17)23(28,29)30/h5-9,12-13,19H,3-4,10-11H2,1-2H3,(H,31,33). The molecule has 1 aliphatic carbocycles. The highest BCUT2D eigenvalue weighted by atomic mass is 35.5. The lowest BCUT2D eigenvalue weighted by atomic mass is 9.82. The van der Waals surface area contributed by atoms with Crippen LogP contribution in [0.15, 0.2) is 42.5 Å². The van der Waals surface area contributed by atoms with Crippen molar-refractivity contribution in [2.75, 3.05) is 14.1 Å². The Balaban J connectivity index is 2.08. The van der Waals surface area contributed by atoms with E-state index in [1.54, 1.807) is 24.3 Å². The number of rotatable bonds is 5. The Kier molecular flexibility index (Phi) is 7.05. The van der Waals surface area contributed by atoms with Crippen LogP contribution in [0.2, 0.25) is 5.02 Å². The molecule has 10 heteroatoms. The van der Waals surface area contributed by atoms with Gasteiger partial charge < -0.3 is 10.2 Å². The lowest BCUT2D eigenvalue weighted by Crippen LogP contribution is -2.53. The first kappa shape index (κ1) is 25.4. The summed E-state index contributed by atoms with van der Waals surface area (Å²) in [6, 6.07) is 6.96. The van der Waals surface area contributed by atoms with E-state index in [1.807, 2.05) is 19.0 Å². The van der Waals surface area contributed by atoms with E-state index in [9.17, 15) is 31.1 Å². The number of nitrogens with one attached hydrogen (secondary N) is 1. The Morgan fingerprint density at radius 1 is 1.00 bits per heavy atom. The Hall–Kier alpha value is -2.26. The van der Waals surface area contributed by atoms with Gasteiger partial charge >= 0.3 is 12.4 Å². The predicted molar refractivity (Wildman–Crippen MR) is 113 cm³/mol. The fourth-order valence-electron chi connectivity index (χ4n) is 4.56. The van der Waals surface area contributed by atoms with Crippen LogP contribution in [-0.2, 0) is 12.4 Å². The average Bonchev–Trinajstić information content (AvgIpc) is 3.21. The summed E-state index contributed by atoms with van der Waals surface area (Å²) in [7, 11) is 3.66. The number of hydrogen-bond donors (Lipinski definition) is 1. The van der Waals surface area contributed by atoms with Crippen LogP contribution in [0.4, 0.5) is 26.3 Å². The van der Waals surface area contributed by atoms with Crippen LogP contribution in [-0.4, -0.2) is 30.4 Å². The summed E-state index contributed by atoms with van der Waals surface area (Å²) in [6.07, 6.45) is -7.05. The Labute approximate surface area is 192 Å². The molecule has 0 radical (unpaired) electrons. The van der Waals surface area contributed by atoms with E-state index in [-0.39, 0.29) is 6.07 Å². The smallest absolute Gasteiger partial charge is 0.343 e. The molecular weight excluding hydrogens is 470 g/mol. The molecule has 180 valence electrons. The summed E-state index contributed by atoms with van der Waals surface area (Å²) in [5.41, 5.74) is -3.96. The minimum absolute atomic E-state index is 0.0272. The topological polar surface area (TPSA) is 32.3 Å². The SMILES string of the molecule is CN(C)C1(C(NC(=O)c2ccc(C(F)(F)F)cc2C(F)(F)F)c2cccc(Cl)c2)CCCC1. The van der Waals surface area contributed by atoms with Crippen molar-refractivity contribution < 1.29 is 31.1 Å². The number of carbonyl (C=O) groups is 1. The van der Waals surface area contributed by atoms with Gasteiger partial charge in [0.05, 0.1) is 22.7 Å². The normalized spacial score (nSPS) is 17.3. The molecule has 1 atom stereocenters. The summed E-state index contributed by atoms with van der Waals surface area (Å²) < 4.78 is 79.9. The average molecular weight is 493 g/mol. The Bertz CT molecular complexity index is 1010. The Morgan fingerprint density at radius 3 is 2.15 bits per heavy atom. The third kappa shape index (κ3) is 5.30. The zero-order valence-electron chi connectivity index (χ0n) is 17.9. The second-order valence-electron chi connectivity index (χ2n) is 8.42. The number of benzene rings is 2. The van der Waals surface area contributed by atoms with Gasteiger partial charge in [-0.3, -0.25) is 4.79 Å². The van der Waals surface area contributed by atoms with E-state index in [0.29, 0.717) is 35.6 Å². The molecule has 0 spiro atoms. The summed E-state index contributed by atoms with van der Waals surface area (Å²) in [6.45, 7) is 0. The van der Waals surface area contributed by atoms with Crippen molar-refractivity contribution in [1.82, 2.24) is 10.2 Å². The third-order valence-corrected chi connectivity index (χ3v) is 6.49. The number of halogens is 7. The van der Waals surface area contributed by atoms with Crippen molar-refractivity contribution in [3.05, 3.63) is 69.7 Å². The molecule has 0 aromatic heterocycles. The van der Waals surface area contributed by atoms with Gasteiger partial charge in [-0.05, 0) is 62.8 Å². The summed E-state index contributed by atoms with van der Waals surface area (Å²) in [5.74, 6) is -1.10. The maximum Gasteiger partial charge on any atom is 0.417 e. The number of hydrogen-bond acceptors (Lipinski definition) is 2. The van der Waals surface area contributed by atoms with Crippen molar-refractivity contribution in [2.24, 2.45) is 0 Å². The number of likely N-dealkylation sites (N-methyl/N-ethyl adjacent to an activating group) is 1. The molecular formula is C23H23ClF6N2O. The van der Waals surface area contributed by atoms with E-state index in [0.717, 1.165) is 12.8 Å². The van der Waals surface area contributed by atoms with E-state index < -0.39 is 46.5 Å². The molecule has 1 fully saturated rings. The fraction of sp³-hybridized carbons (Fsp3) is 0.435. The van der Waals surface area contributed by atoms with Crippen LogP contribution in [0.25, 0.3) is 0 Å². The van der Waals surface area contributed by atoms with Gasteiger partial charge in [0.25, 0.3) is 5.91 Å². The number of nitrogens with zero attached hydrogens (tertiary/aromatic N) is 1. The summed E-state index contributed by atoms with van der Waals surface area (Å²) in [5, 5.41) is 3.08. The third-order valence-electron chi connectivity index (χ3n) is 6.25. The summed E-state index contributed by atoms with van der Waals surface area (Å²) >= 11 is 6.14. The van der Waals surface area contributed by atoms with Crippen LogP contribution in [0.3, 0.4) is 0 Å². The molecule has 2 aromatic rings. The number of alkyl halides is 6. The van der Waals surface area contributed by atoms with Crippen LogP contribution < -0.4 is 5.32 Å². The highest BCUT2D eigenvalue weighted by Crippen LogP contribution is 2.44. The first-order valence-electron chi connectivity index (χ1n) is 10.3. The first-order valence-corrected chi connectivity index (χ1v) is 10.7. The predicted octanol–water partition coefficient (Wildman–Crippen LogP) is 6.72. The van der Waals surface area contributed by atoms with Crippen LogP contribution >= 0.6 is 11.6 Å². The van der Waals surface area contributed by atoms with Gasteiger partial charge in [-0.2, -0.15) is 26.3 Å². The highest BCUT2D eigenvalue weighted by Gasteiger charge is 2.46. The molecule has 0 aliphatic heterocycles. The van der Waals surface area contributed by atoms with Crippen molar-refractivity contribution >= 4 is 17.5 Å². The van der Waals surface area contributed by atoms with Gasteiger partial charge in [0, 0.05) is 10.6 Å². The van der Waals surface area contributed by atoms with Crippen LogP contribution in [0, 0.1) is 0 Å². The van der Waals surface area contributed by atoms with Crippen LogP contribution in [0.5, 0.6) is 0 Å². The molecule has 1 amide bonds. The minimum Gasteiger partial charge on any atom is -0.343 e. The second-order valence-corrected chi connectivity index (χ2v) is 8.86. The fourth-order valence-corrected chi connectivity index (χ4v) is 4.76. The minimum atomic E-state index is -5.15. The number of carbonyl (C=O) groups excluding carboxylic acids is 1. The molecule has 1 N–H and O–H groups in total. The maximum atomic E-state index is 13.6. The van der Waals surface area contributed by atoms with E-state index >= 15 is 0 Å². The molecule has 1 aliphatic rings. The zero-order valence-corrected chi connectivity index (χ0v) is 18.7. The largest absolute Gasteiger partial charge is 0.417 e. The molecule has 0 saturated heterocycles. The molecule has 2 aromatic carbocycles. The van der Waals surface area contributed by atoms with Crippen molar-refractivity contribution in [3.63, 3.8) is 0 Å². The van der Waals surface area contributed by atoms with E-state index in [1.165, 1.54) is 0 Å². The van der Waals surface area contributed by atoms with Gasteiger partial charge in [0.2, 0.25) is 0 Å². The number of amides is 1. The van der Waals surface area contributed by atoms with Crippen LogP contribution in [0.1, 0.15) is 58.8 Å². The van der Waals surface area contributed by atoms with Crippen molar-refractivity contribution in [3.8, 4) is 0 Å². The zero-order chi connectivity index (χ0) is 24.6. The molecule has 3 nitrogen and oxygen atoms in total. The molecule has 0 bridgehead atoms. The summed E-state index contributed by atoms with van der Waals surface area (Å²) in [4.78, 5) is 15.1. The monoisotopic (exact) mass is 492 g/mol. The molecule has 0 heterocycles. The van der Waals surface area contributed by atoms with Crippen molar-refractivity contribution in [2.45, 2.75) is 49.6 Å². The molecule has 33 heavy (non-hydrogen) atoms. The van der Waals surface area contributed by atoms with E-state index in [4.69, 9.17) is 11.6 Å². The lowest BCUT2D eigenvalue weighted by molar-refractivity contribution is -0.143. The maximum absolute atomic E-state index is 13.6. The van der Waals surface area contributed by atoms with Gasteiger partial charge in [-0.15, -0.1) is 0 Å². The van der Waals surface area contributed by atoms with Gasteiger partial charge in [0.15, 0.2) is 0 Å². The lowest BCUT2D eigenvalue weighted by Gasteiger charge is -2.44. The Morgan fingerprint density at radius 2 is 1.64 bits per heavy atom. The first-order chi connectivity index (χ1) is 15.3. The highest BCUT2D eigenvalue weighted by molar-refractivity contribution is 6.30. The van der Waals surface area contributed by atoms with E-state index in [2.05, 4.69) is 5.32 Å². The molecule has 1 saturated carbocycles. The molecule has 1 unspecified atom stereocenters. The van der Waals surface area contributed by atoms with Gasteiger partial charge in [0.1, 0.15) is 0 Å². The van der Waals surface area contributed by atoms with Gasteiger partial charge in [-0.25, -0.2) is 0 Å². The quantitative estimate of drug-likeness (QED) is 0.470. The van der Waals surface area contributed by atoms with Gasteiger partial charge in [-0.1, -0.05) is 36.6 Å². The molecule has 3 rings (SSSR count). The van der Waals surface area contributed by atoms with Crippen molar-refractivity contribution in [1.29, 1.82) is 0 Å².